The van der Waals surface area contributed by atoms with E-state index < -0.39 is 16.5 Å². The number of hydrogen-bond donors (Lipinski definition) is 1. The first-order valence-corrected chi connectivity index (χ1v) is 3.43. The molecule has 0 fully saturated rings. The van der Waals surface area contributed by atoms with Gasteiger partial charge >= 0.3 is 0 Å². The molecule has 0 amide bonds. The van der Waals surface area contributed by atoms with E-state index >= 15 is 0 Å². The molecule has 0 bridgehead atoms. The van der Waals surface area contributed by atoms with E-state index in [2.05, 4.69) is 0 Å². The molecule has 0 saturated carbocycles. The van der Waals surface area contributed by atoms with Crippen molar-refractivity contribution in [3.05, 3.63) is 0 Å². The van der Waals surface area contributed by atoms with Crippen molar-refractivity contribution in [2.75, 3.05) is 0 Å². The average Bonchev–Trinajstić information content (AvgIpc) is 1.82. The standard InChI is InChI=1S/C5H7Cl2NO2/c6-4(9)2-1-3(8)5(7)10/h3H,1-2,8H2/t3-/m0/s1. The van der Waals surface area contributed by atoms with Crippen molar-refractivity contribution >= 4 is 33.7 Å². The zero-order chi connectivity index (χ0) is 8.15. The molecule has 0 aliphatic heterocycles. The van der Waals surface area contributed by atoms with Crippen LogP contribution in [-0.2, 0) is 9.59 Å². The molecular weight excluding hydrogens is 177 g/mol. The van der Waals surface area contributed by atoms with E-state index in [1.165, 1.54) is 0 Å². The summed E-state index contributed by atoms with van der Waals surface area (Å²) in [5, 5.41) is -1.15. The van der Waals surface area contributed by atoms with Gasteiger partial charge in [-0.25, -0.2) is 0 Å². The lowest BCUT2D eigenvalue weighted by Crippen LogP contribution is -2.26. The zero-order valence-corrected chi connectivity index (χ0v) is 6.65. The molecule has 0 aromatic rings. The summed E-state index contributed by atoms with van der Waals surface area (Å²) >= 11 is 9.97. The number of carbonyl (C=O) groups excluding carboxylic acids is 2. The van der Waals surface area contributed by atoms with Crippen LogP contribution in [0.15, 0.2) is 0 Å². The van der Waals surface area contributed by atoms with Gasteiger partial charge in [0.15, 0.2) is 0 Å². The maximum absolute atomic E-state index is 10.2. The third-order valence-electron chi connectivity index (χ3n) is 0.943. The highest BCUT2D eigenvalue weighted by Crippen LogP contribution is 2.00. The molecule has 0 unspecified atom stereocenters. The Hall–Kier alpha value is -0.120. The SMILES string of the molecule is N[C@@H](CCC(=O)Cl)C(=O)Cl. The monoisotopic (exact) mass is 183 g/mol. The molecule has 0 spiro atoms. The molecule has 0 rings (SSSR count). The number of rotatable bonds is 4. The summed E-state index contributed by atoms with van der Waals surface area (Å²) in [4.78, 5) is 20.4. The molecule has 2 N–H and O–H groups in total. The van der Waals surface area contributed by atoms with Crippen LogP contribution in [0.1, 0.15) is 12.8 Å². The predicted octanol–water partition coefficient (Wildman–Crippen LogP) is 0.625. The van der Waals surface area contributed by atoms with Gasteiger partial charge in [-0.2, -0.15) is 0 Å². The molecule has 10 heavy (non-hydrogen) atoms. The predicted molar refractivity (Wildman–Crippen MR) is 38.9 cm³/mol. The van der Waals surface area contributed by atoms with Gasteiger partial charge < -0.3 is 5.73 Å². The lowest BCUT2D eigenvalue weighted by atomic mass is 10.2. The molecule has 3 nitrogen and oxygen atoms in total. The van der Waals surface area contributed by atoms with Crippen molar-refractivity contribution in [1.29, 1.82) is 0 Å². The van der Waals surface area contributed by atoms with Gasteiger partial charge in [0.1, 0.15) is 0 Å². The highest BCUT2D eigenvalue weighted by atomic mass is 35.5. The smallest absolute Gasteiger partial charge is 0.238 e. The summed E-state index contributed by atoms with van der Waals surface area (Å²) in [6.07, 6.45) is 0.297. The second-order valence-corrected chi connectivity index (χ2v) is 2.60. The van der Waals surface area contributed by atoms with Crippen LogP contribution in [0.3, 0.4) is 0 Å². The first-order valence-electron chi connectivity index (χ1n) is 2.67. The first-order chi connectivity index (χ1) is 4.54. The summed E-state index contributed by atoms with van der Waals surface area (Å²) in [5.74, 6) is 0. The Balaban J connectivity index is 3.49. The van der Waals surface area contributed by atoms with Crippen molar-refractivity contribution in [3.63, 3.8) is 0 Å². The van der Waals surface area contributed by atoms with Crippen LogP contribution in [0.5, 0.6) is 0 Å². The molecule has 58 valence electrons. The van der Waals surface area contributed by atoms with Crippen LogP contribution in [0.4, 0.5) is 0 Å². The second kappa shape index (κ2) is 4.66. The molecule has 0 aliphatic carbocycles. The summed E-state index contributed by atoms with van der Waals surface area (Å²) in [6.45, 7) is 0. The number of carbonyl (C=O) groups is 2. The fourth-order valence-corrected chi connectivity index (χ4v) is 0.601. The largest absolute Gasteiger partial charge is 0.320 e. The van der Waals surface area contributed by atoms with Gasteiger partial charge in [0, 0.05) is 6.42 Å². The van der Waals surface area contributed by atoms with E-state index in [0.717, 1.165) is 0 Å². The molecule has 0 aliphatic rings. The first kappa shape index (κ1) is 9.88. The van der Waals surface area contributed by atoms with Crippen molar-refractivity contribution in [2.24, 2.45) is 5.73 Å². The van der Waals surface area contributed by atoms with Crippen LogP contribution in [0, 0.1) is 0 Å². The Morgan fingerprint density at radius 2 is 1.90 bits per heavy atom. The van der Waals surface area contributed by atoms with Crippen LogP contribution in [0.2, 0.25) is 0 Å². The molecule has 0 saturated heterocycles. The molecular formula is C5H7Cl2NO2. The Bertz CT molecular complexity index is 149. The number of hydrogen-bond acceptors (Lipinski definition) is 3. The molecule has 0 heterocycles. The second-order valence-electron chi connectivity index (χ2n) is 1.80. The third-order valence-corrected chi connectivity index (χ3v) is 1.41. The maximum atomic E-state index is 10.2. The zero-order valence-electron chi connectivity index (χ0n) is 5.14. The van der Waals surface area contributed by atoms with E-state index in [9.17, 15) is 9.59 Å². The molecule has 1 atom stereocenters. The third kappa shape index (κ3) is 4.73. The Morgan fingerprint density at radius 1 is 1.40 bits per heavy atom. The quantitative estimate of drug-likeness (QED) is 0.651. The van der Waals surface area contributed by atoms with Crippen molar-refractivity contribution in [2.45, 2.75) is 18.9 Å². The highest BCUT2D eigenvalue weighted by molar-refractivity contribution is 6.65. The Labute approximate surface area is 68.5 Å². The van der Waals surface area contributed by atoms with E-state index in [-0.39, 0.29) is 12.8 Å². The highest BCUT2D eigenvalue weighted by Gasteiger charge is 2.10. The molecule has 0 radical (unpaired) electrons. The van der Waals surface area contributed by atoms with Gasteiger partial charge in [-0.15, -0.1) is 0 Å². The van der Waals surface area contributed by atoms with Crippen molar-refractivity contribution in [3.8, 4) is 0 Å². The van der Waals surface area contributed by atoms with Crippen molar-refractivity contribution < 1.29 is 9.59 Å². The summed E-state index contributed by atoms with van der Waals surface area (Å²) < 4.78 is 0. The fourth-order valence-electron chi connectivity index (χ4n) is 0.382. The summed E-state index contributed by atoms with van der Waals surface area (Å²) in [5.41, 5.74) is 5.17. The van der Waals surface area contributed by atoms with Gasteiger partial charge in [0.05, 0.1) is 6.04 Å². The maximum Gasteiger partial charge on any atom is 0.238 e. The minimum absolute atomic E-state index is 0.0845. The average molecular weight is 184 g/mol. The number of nitrogens with two attached hydrogens (primary N) is 1. The topological polar surface area (TPSA) is 60.2 Å². The van der Waals surface area contributed by atoms with E-state index in [0.29, 0.717) is 0 Å². The van der Waals surface area contributed by atoms with Crippen LogP contribution in [0.25, 0.3) is 0 Å². The van der Waals surface area contributed by atoms with Gasteiger partial charge in [-0.1, -0.05) is 0 Å². The molecule has 0 aromatic heterocycles. The summed E-state index contributed by atoms with van der Waals surface area (Å²) in [7, 11) is 0. The van der Waals surface area contributed by atoms with Crippen LogP contribution in [-0.4, -0.2) is 16.5 Å². The Kier molecular flexibility index (Phi) is 4.60. The van der Waals surface area contributed by atoms with Gasteiger partial charge in [-0.3, -0.25) is 9.59 Å². The minimum atomic E-state index is -0.774. The molecule has 5 heteroatoms. The minimum Gasteiger partial charge on any atom is -0.320 e. The lowest BCUT2D eigenvalue weighted by molar-refractivity contribution is -0.113. The van der Waals surface area contributed by atoms with Crippen LogP contribution < -0.4 is 5.73 Å². The van der Waals surface area contributed by atoms with Gasteiger partial charge in [0.25, 0.3) is 0 Å². The normalized spacial score (nSPS) is 12.7. The molecule has 0 aromatic carbocycles. The number of halogens is 2. The van der Waals surface area contributed by atoms with Crippen LogP contribution >= 0.6 is 23.2 Å². The van der Waals surface area contributed by atoms with Gasteiger partial charge in [0.2, 0.25) is 10.5 Å². The lowest BCUT2D eigenvalue weighted by Gasteiger charge is -2.01. The van der Waals surface area contributed by atoms with E-state index in [1.807, 2.05) is 0 Å². The van der Waals surface area contributed by atoms with E-state index in [1.54, 1.807) is 0 Å². The summed E-state index contributed by atoms with van der Waals surface area (Å²) in [6, 6.07) is -0.774. The Morgan fingerprint density at radius 3 is 2.20 bits per heavy atom. The fraction of sp³-hybridized carbons (Fsp3) is 0.600. The van der Waals surface area contributed by atoms with Crippen molar-refractivity contribution in [1.82, 2.24) is 0 Å². The van der Waals surface area contributed by atoms with E-state index in [4.69, 9.17) is 28.9 Å². The van der Waals surface area contributed by atoms with Gasteiger partial charge in [-0.05, 0) is 29.6 Å².